The minimum absolute atomic E-state index is 0.102. The van der Waals surface area contributed by atoms with E-state index in [2.05, 4.69) is 13.0 Å². The fourth-order valence-corrected chi connectivity index (χ4v) is 8.46. The van der Waals surface area contributed by atoms with Crippen molar-refractivity contribution in [3.05, 3.63) is 11.6 Å². The molecule has 1 unspecified atom stereocenters. The van der Waals surface area contributed by atoms with Crippen LogP contribution in [0.15, 0.2) is 11.6 Å². The van der Waals surface area contributed by atoms with Crippen molar-refractivity contribution in [3.8, 4) is 0 Å². The number of carbonyl (C=O) groups excluding carboxylic acids is 2. The van der Waals surface area contributed by atoms with Gasteiger partial charge in [0.15, 0.2) is 18.2 Å². The molecule has 3 saturated carbocycles. The average molecular weight is 523 g/mol. The Morgan fingerprint density at radius 2 is 1.81 bits per heavy atom. The molecule has 5 N–H and O–H groups in total. The normalized spacial score (nSPS) is 49.5. The fourth-order valence-electron chi connectivity index (χ4n) is 8.46. The summed E-state index contributed by atoms with van der Waals surface area (Å²) in [5.41, 5.74) is 0.424. The van der Waals surface area contributed by atoms with Gasteiger partial charge in [-0.25, -0.2) is 4.79 Å². The third-order valence-corrected chi connectivity index (χ3v) is 10.4. The summed E-state index contributed by atoms with van der Waals surface area (Å²) in [6, 6.07) is 0. The minimum atomic E-state index is -1.84. The van der Waals surface area contributed by atoms with E-state index in [1.165, 1.54) is 5.57 Å². The van der Waals surface area contributed by atoms with Gasteiger partial charge in [0, 0.05) is 18.3 Å². The van der Waals surface area contributed by atoms with E-state index in [-0.39, 0.29) is 40.8 Å². The Labute approximate surface area is 215 Å². The highest BCUT2D eigenvalue weighted by atomic mass is 16.7. The van der Waals surface area contributed by atoms with Gasteiger partial charge in [0.05, 0.1) is 6.10 Å². The number of aliphatic hydroxyl groups is 4. The Bertz CT molecular complexity index is 994. The number of carbonyl (C=O) groups is 3. The first kappa shape index (κ1) is 26.9. The molecule has 0 radical (unpaired) electrons. The summed E-state index contributed by atoms with van der Waals surface area (Å²) in [4.78, 5) is 38.4. The molecule has 4 aliphatic carbocycles. The average Bonchev–Trinajstić information content (AvgIpc) is 3.18. The fraction of sp³-hybridized carbons (Fsp3) is 0.815. The van der Waals surface area contributed by atoms with Crippen LogP contribution in [0.3, 0.4) is 0 Å². The topological polar surface area (TPSA) is 171 Å². The molecular weight excluding hydrogens is 484 g/mol. The van der Waals surface area contributed by atoms with Gasteiger partial charge in [-0.2, -0.15) is 0 Å². The predicted octanol–water partition coefficient (Wildman–Crippen LogP) is 0.583. The van der Waals surface area contributed by atoms with Crippen LogP contribution in [0.25, 0.3) is 0 Å². The van der Waals surface area contributed by atoms with Crippen LogP contribution in [-0.2, 0) is 23.9 Å². The van der Waals surface area contributed by atoms with Gasteiger partial charge in [-0.15, -0.1) is 0 Å². The van der Waals surface area contributed by atoms with Gasteiger partial charge in [-0.1, -0.05) is 25.5 Å². The van der Waals surface area contributed by atoms with E-state index >= 15 is 0 Å². The molecule has 0 spiro atoms. The number of carboxylic acid groups (broad SMARTS) is 1. The predicted molar refractivity (Wildman–Crippen MR) is 127 cm³/mol. The largest absolute Gasteiger partial charge is 0.479 e. The van der Waals surface area contributed by atoms with Crippen LogP contribution in [0.5, 0.6) is 0 Å². The number of Topliss-reactive ketones (excluding diaryl/α,β-unsaturated/α-hetero) is 2. The molecule has 1 saturated heterocycles. The summed E-state index contributed by atoms with van der Waals surface area (Å²) >= 11 is 0. The van der Waals surface area contributed by atoms with Gasteiger partial charge >= 0.3 is 5.97 Å². The van der Waals surface area contributed by atoms with E-state index in [1.807, 2.05) is 6.92 Å². The molecule has 1 aliphatic heterocycles. The first-order valence-corrected chi connectivity index (χ1v) is 13.4. The molecule has 0 aromatic heterocycles. The highest BCUT2D eigenvalue weighted by Gasteiger charge is 2.62. The molecule has 12 atom stereocenters. The van der Waals surface area contributed by atoms with Crippen molar-refractivity contribution in [3.63, 3.8) is 0 Å². The van der Waals surface area contributed by atoms with Crippen molar-refractivity contribution in [2.24, 2.45) is 34.5 Å². The second kappa shape index (κ2) is 9.50. The number of aliphatic carboxylic acids is 1. The number of allylic oxidation sites excluding steroid dienone is 1. The highest BCUT2D eigenvalue weighted by Crippen LogP contribution is 2.65. The van der Waals surface area contributed by atoms with Crippen molar-refractivity contribution in [1.82, 2.24) is 0 Å². The summed E-state index contributed by atoms with van der Waals surface area (Å²) in [6.45, 7) is 3.71. The summed E-state index contributed by atoms with van der Waals surface area (Å²) in [6.07, 6.45) is -2.28. The molecule has 4 fully saturated rings. The van der Waals surface area contributed by atoms with Gasteiger partial charge < -0.3 is 35.0 Å². The Morgan fingerprint density at radius 3 is 2.51 bits per heavy atom. The standard InChI is InChI=1S/C27H38O10/c1-26-8-7-13(28)9-12(26)3-4-14-15-5-6-16(27(15,2)10-17(29)19(14)26)18(30)11-36-25-22(33)20(31)21(32)23(37-25)24(34)35/h3,13-16,19-23,25,28,31-33H,4-11H2,1-2H3,(H,34,35)/t13-,14-,15-,16+,19+,20+,21-,22+,23-,25?,26-,27-/m0/s1. The Morgan fingerprint density at radius 1 is 1.08 bits per heavy atom. The van der Waals surface area contributed by atoms with E-state index in [0.29, 0.717) is 25.7 Å². The lowest BCUT2D eigenvalue weighted by molar-refractivity contribution is -0.292. The number of ether oxygens (including phenoxy) is 2. The Balaban J connectivity index is 1.29. The van der Waals surface area contributed by atoms with Gasteiger partial charge in [0.25, 0.3) is 0 Å². The van der Waals surface area contributed by atoms with Crippen LogP contribution in [0.2, 0.25) is 0 Å². The molecule has 10 nitrogen and oxygen atoms in total. The third kappa shape index (κ3) is 4.20. The monoisotopic (exact) mass is 522 g/mol. The van der Waals surface area contributed by atoms with Gasteiger partial charge in [0.2, 0.25) is 0 Å². The number of ketones is 2. The minimum Gasteiger partial charge on any atom is -0.479 e. The second-order valence-corrected chi connectivity index (χ2v) is 12.3. The molecule has 5 aliphatic rings. The van der Waals surface area contributed by atoms with Crippen LogP contribution in [0.4, 0.5) is 0 Å². The lowest BCUT2D eigenvalue weighted by Crippen LogP contribution is -2.60. The second-order valence-electron chi connectivity index (χ2n) is 12.3. The third-order valence-electron chi connectivity index (χ3n) is 10.4. The molecule has 37 heavy (non-hydrogen) atoms. The van der Waals surface area contributed by atoms with Crippen molar-refractivity contribution >= 4 is 17.5 Å². The Hall–Kier alpha value is -1.69. The molecular formula is C27H38O10. The number of fused-ring (bicyclic) bond motifs is 5. The van der Waals surface area contributed by atoms with Gasteiger partial charge in [-0.05, 0) is 61.2 Å². The summed E-state index contributed by atoms with van der Waals surface area (Å²) in [5.74, 6) is -1.79. The first-order chi connectivity index (χ1) is 17.4. The maximum absolute atomic E-state index is 13.7. The van der Waals surface area contributed by atoms with Crippen LogP contribution >= 0.6 is 0 Å². The van der Waals surface area contributed by atoms with E-state index in [1.54, 1.807) is 0 Å². The number of rotatable bonds is 5. The maximum atomic E-state index is 13.7. The summed E-state index contributed by atoms with van der Waals surface area (Å²) in [5, 5.41) is 49.4. The Kier molecular flexibility index (Phi) is 6.90. The lowest BCUT2D eigenvalue weighted by atomic mass is 9.47. The number of hydrogen-bond donors (Lipinski definition) is 5. The van der Waals surface area contributed by atoms with Crippen LogP contribution in [0, 0.1) is 34.5 Å². The zero-order valence-electron chi connectivity index (χ0n) is 21.3. The van der Waals surface area contributed by atoms with E-state index in [9.17, 15) is 39.9 Å². The van der Waals surface area contributed by atoms with Crippen molar-refractivity contribution in [2.75, 3.05) is 6.61 Å². The van der Waals surface area contributed by atoms with Crippen LogP contribution in [-0.4, -0.2) is 86.5 Å². The number of hydrogen-bond acceptors (Lipinski definition) is 9. The molecule has 0 amide bonds. The molecule has 0 bridgehead atoms. The van der Waals surface area contributed by atoms with E-state index < -0.39 is 54.6 Å². The lowest BCUT2D eigenvalue weighted by Gasteiger charge is -2.56. The van der Waals surface area contributed by atoms with Crippen molar-refractivity contribution in [1.29, 1.82) is 0 Å². The van der Waals surface area contributed by atoms with E-state index in [4.69, 9.17) is 9.47 Å². The molecule has 5 rings (SSSR count). The maximum Gasteiger partial charge on any atom is 0.335 e. The molecule has 1 heterocycles. The zero-order valence-corrected chi connectivity index (χ0v) is 21.3. The highest BCUT2D eigenvalue weighted by molar-refractivity contribution is 5.88. The molecule has 10 heteroatoms. The van der Waals surface area contributed by atoms with Gasteiger partial charge in [-0.3, -0.25) is 9.59 Å². The van der Waals surface area contributed by atoms with Crippen LogP contribution in [0.1, 0.15) is 58.8 Å². The van der Waals surface area contributed by atoms with Crippen LogP contribution < -0.4 is 0 Å². The SMILES string of the molecule is C[C@]12CC(=O)[C@H]3[C@@H](CC=C4C[C@@H](O)CC[C@@]43C)[C@@H]1CC[C@@H]2C(=O)COC1O[C@H](C(=O)O)[C@@H](O)[C@@H](O)[C@H]1O. The van der Waals surface area contributed by atoms with Crippen molar-refractivity contribution < 1.29 is 49.4 Å². The number of carboxylic acids is 1. The molecule has 0 aromatic rings. The quantitative estimate of drug-likeness (QED) is 0.322. The summed E-state index contributed by atoms with van der Waals surface area (Å²) < 4.78 is 10.6. The number of aliphatic hydroxyl groups excluding tert-OH is 4. The van der Waals surface area contributed by atoms with Crippen molar-refractivity contribution in [2.45, 2.75) is 95.6 Å². The first-order valence-electron chi connectivity index (χ1n) is 13.4. The molecule has 206 valence electrons. The smallest absolute Gasteiger partial charge is 0.335 e. The van der Waals surface area contributed by atoms with E-state index in [0.717, 1.165) is 19.3 Å². The van der Waals surface area contributed by atoms with Gasteiger partial charge in [0.1, 0.15) is 30.7 Å². The summed E-state index contributed by atoms with van der Waals surface area (Å²) in [7, 11) is 0. The zero-order chi connectivity index (χ0) is 26.9. The molecule has 0 aromatic carbocycles.